The molecule has 0 aromatic heterocycles. The van der Waals surface area contributed by atoms with Crippen molar-refractivity contribution >= 4 is 38.7 Å². The summed E-state index contributed by atoms with van der Waals surface area (Å²) in [5.74, 6) is 0. The lowest BCUT2D eigenvalue weighted by Crippen LogP contribution is -2.16. The van der Waals surface area contributed by atoms with E-state index in [4.69, 9.17) is 16.7 Å². The van der Waals surface area contributed by atoms with Crippen LogP contribution >= 0.6 is 11.6 Å². The number of halogens is 1. The first-order chi connectivity index (χ1) is 11.8. The van der Waals surface area contributed by atoms with Crippen LogP contribution in [0.4, 0.5) is 17.1 Å². The van der Waals surface area contributed by atoms with Crippen LogP contribution in [0.2, 0.25) is 5.02 Å². The lowest BCUT2D eigenvalue weighted by atomic mass is 10.1. The van der Waals surface area contributed by atoms with Gasteiger partial charge in [-0.15, -0.1) is 0 Å². The molecule has 0 fully saturated rings. The summed E-state index contributed by atoms with van der Waals surface area (Å²) in [6.07, 6.45) is 1.92. The predicted octanol–water partition coefficient (Wildman–Crippen LogP) is 3.44. The highest BCUT2D eigenvalue weighted by atomic mass is 35.5. The smallest absolute Gasteiger partial charge is 0.240 e. The van der Waals surface area contributed by atoms with Crippen molar-refractivity contribution in [1.82, 2.24) is 0 Å². The molecule has 0 aliphatic carbocycles. The van der Waals surface area contributed by atoms with Gasteiger partial charge in [-0.3, -0.25) is 0 Å². The Morgan fingerprint density at radius 3 is 2.44 bits per heavy atom. The molecule has 0 amide bonds. The molecule has 0 bridgehead atoms. The van der Waals surface area contributed by atoms with Crippen molar-refractivity contribution in [2.75, 3.05) is 17.2 Å². The molecule has 0 spiro atoms. The Kier molecular flexibility index (Phi) is 6.66. The third-order valence-electron chi connectivity index (χ3n) is 3.61. The van der Waals surface area contributed by atoms with Crippen LogP contribution in [0.5, 0.6) is 0 Å². The second kappa shape index (κ2) is 8.53. The molecule has 6 nitrogen and oxygen atoms in total. The van der Waals surface area contributed by atoms with Crippen molar-refractivity contribution in [2.45, 2.75) is 31.3 Å². The molecule has 5 N–H and O–H groups in total. The van der Waals surface area contributed by atoms with Crippen molar-refractivity contribution < 1.29 is 13.5 Å². The van der Waals surface area contributed by atoms with Gasteiger partial charge in [0.05, 0.1) is 18.0 Å². The first-order valence-electron chi connectivity index (χ1n) is 7.92. The second-order valence-electron chi connectivity index (χ2n) is 5.63. The molecule has 2 aromatic carbocycles. The standard InChI is InChI=1S/C17H22ClN3O3S/c1-2-3-8-20-15-9-12(11-22)10-16(25(19,23)24)17(15)21-14-6-4-13(18)5-7-14/h4-7,9-10,20-22H,2-3,8,11H2,1H3,(H2,19,23,24). The van der Waals surface area contributed by atoms with Gasteiger partial charge < -0.3 is 15.7 Å². The Morgan fingerprint density at radius 2 is 1.88 bits per heavy atom. The highest BCUT2D eigenvalue weighted by Gasteiger charge is 2.19. The summed E-state index contributed by atoms with van der Waals surface area (Å²) in [5.41, 5.74) is 2.05. The largest absolute Gasteiger partial charge is 0.392 e. The van der Waals surface area contributed by atoms with E-state index in [1.165, 1.54) is 6.07 Å². The van der Waals surface area contributed by atoms with E-state index in [9.17, 15) is 13.5 Å². The first kappa shape index (κ1) is 19.5. The quantitative estimate of drug-likeness (QED) is 0.523. The average Bonchev–Trinajstić information content (AvgIpc) is 2.57. The van der Waals surface area contributed by atoms with Gasteiger partial charge in [0, 0.05) is 17.3 Å². The SMILES string of the molecule is CCCCNc1cc(CO)cc(S(N)(=O)=O)c1Nc1ccc(Cl)cc1. The summed E-state index contributed by atoms with van der Waals surface area (Å²) in [6, 6.07) is 9.97. The van der Waals surface area contributed by atoms with Crippen LogP contribution in [0.1, 0.15) is 25.3 Å². The Hall–Kier alpha value is -1.80. The molecule has 0 unspecified atom stereocenters. The third kappa shape index (κ3) is 5.34. The van der Waals surface area contributed by atoms with Crippen LogP contribution < -0.4 is 15.8 Å². The van der Waals surface area contributed by atoms with Gasteiger partial charge in [0.1, 0.15) is 4.90 Å². The maximum absolute atomic E-state index is 12.1. The molecule has 0 heterocycles. The fraction of sp³-hybridized carbons (Fsp3) is 0.294. The van der Waals surface area contributed by atoms with Crippen LogP contribution in [-0.4, -0.2) is 20.1 Å². The molecule has 0 saturated heterocycles. The van der Waals surface area contributed by atoms with E-state index in [1.807, 2.05) is 0 Å². The zero-order chi connectivity index (χ0) is 18.4. The van der Waals surface area contributed by atoms with Crippen molar-refractivity contribution in [1.29, 1.82) is 0 Å². The van der Waals surface area contributed by atoms with Gasteiger partial charge in [-0.05, 0) is 48.4 Å². The number of sulfonamides is 1. The zero-order valence-electron chi connectivity index (χ0n) is 13.9. The Bertz CT molecular complexity index is 824. The first-order valence-corrected chi connectivity index (χ1v) is 9.84. The highest BCUT2D eigenvalue weighted by molar-refractivity contribution is 7.89. The Balaban J connectivity index is 2.52. The Labute approximate surface area is 153 Å². The van der Waals surface area contributed by atoms with Gasteiger partial charge in [-0.1, -0.05) is 24.9 Å². The molecule has 2 aromatic rings. The minimum Gasteiger partial charge on any atom is -0.392 e. The number of aliphatic hydroxyl groups excluding tert-OH is 1. The van der Waals surface area contributed by atoms with E-state index in [0.717, 1.165) is 12.8 Å². The molecule has 0 aliphatic rings. The van der Waals surface area contributed by atoms with Gasteiger partial charge in [-0.2, -0.15) is 0 Å². The molecular weight excluding hydrogens is 362 g/mol. The van der Waals surface area contributed by atoms with E-state index in [0.29, 0.717) is 34.2 Å². The van der Waals surface area contributed by atoms with Gasteiger partial charge in [-0.25, -0.2) is 13.6 Å². The number of hydrogen-bond acceptors (Lipinski definition) is 5. The number of primary sulfonamides is 1. The lowest BCUT2D eigenvalue weighted by Gasteiger charge is -2.18. The monoisotopic (exact) mass is 383 g/mol. The summed E-state index contributed by atoms with van der Waals surface area (Å²) in [6.45, 7) is 2.45. The average molecular weight is 384 g/mol. The molecule has 0 aliphatic heterocycles. The number of nitrogens with one attached hydrogen (secondary N) is 2. The summed E-state index contributed by atoms with van der Waals surface area (Å²) >= 11 is 5.89. The number of nitrogens with two attached hydrogens (primary N) is 1. The molecule has 136 valence electrons. The van der Waals surface area contributed by atoms with Crippen molar-refractivity contribution in [3.8, 4) is 0 Å². The van der Waals surface area contributed by atoms with Gasteiger partial charge in [0.25, 0.3) is 0 Å². The highest BCUT2D eigenvalue weighted by Crippen LogP contribution is 2.34. The molecule has 2 rings (SSSR count). The molecule has 0 saturated carbocycles. The second-order valence-corrected chi connectivity index (χ2v) is 7.60. The molecule has 25 heavy (non-hydrogen) atoms. The predicted molar refractivity (Wildman–Crippen MR) is 102 cm³/mol. The molecule has 0 atom stereocenters. The van der Waals surface area contributed by atoms with Gasteiger partial charge in [0.15, 0.2) is 0 Å². The van der Waals surface area contributed by atoms with Crippen LogP contribution in [0.25, 0.3) is 0 Å². The molecule has 0 radical (unpaired) electrons. The van der Waals surface area contributed by atoms with Crippen molar-refractivity contribution in [3.63, 3.8) is 0 Å². The lowest BCUT2D eigenvalue weighted by molar-refractivity contribution is 0.281. The summed E-state index contributed by atoms with van der Waals surface area (Å²) < 4.78 is 24.1. The van der Waals surface area contributed by atoms with E-state index >= 15 is 0 Å². The fourth-order valence-corrected chi connectivity index (χ4v) is 3.22. The third-order valence-corrected chi connectivity index (χ3v) is 4.80. The van der Waals surface area contributed by atoms with Crippen molar-refractivity contribution in [2.24, 2.45) is 5.14 Å². The zero-order valence-corrected chi connectivity index (χ0v) is 15.5. The van der Waals surface area contributed by atoms with E-state index < -0.39 is 10.0 Å². The summed E-state index contributed by atoms with van der Waals surface area (Å²) in [4.78, 5) is -0.0759. The van der Waals surface area contributed by atoms with Crippen LogP contribution in [0.15, 0.2) is 41.3 Å². The fourth-order valence-electron chi connectivity index (χ4n) is 2.33. The molecule has 8 heteroatoms. The number of anilines is 3. The van der Waals surface area contributed by atoms with E-state index in [1.54, 1.807) is 30.3 Å². The Morgan fingerprint density at radius 1 is 1.20 bits per heavy atom. The van der Waals surface area contributed by atoms with Crippen LogP contribution in [-0.2, 0) is 16.6 Å². The van der Waals surface area contributed by atoms with E-state index in [-0.39, 0.29) is 11.5 Å². The normalized spacial score (nSPS) is 11.4. The van der Waals surface area contributed by atoms with E-state index in [2.05, 4.69) is 17.6 Å². The summed E-state index contributed by atoms with van der Waals surface area (Å²) in [7, 11) is -3.99. The maximum atomic E-state index is 12.1. The van der Waals surface area contributed by atoms with Gasteiger partial charge >= 0.3 is 0 Å². The summed E-state index contributed by atoms with van der Waals surface area (Å²) in [5, 5.41) is 21.7. The minimum atomic E-state index is -3.99. The number of benzene rings is 2. The molecular formula is C17H22ClN3O3S. The minimum absolute atomic E-state index is 0.0759. The van der Waals surface area contributed by atoms with Gasteiger partial charge in [0.2, 0.25) is 10.0 Å². The number of rotatable bonds is 8. The maximum Gasteiger partial charge on any atom is 0.240 e. The number of hydrogen-bond donors (Lipinski definition) is 4. The van der Waals surface area contributed by atoms with Crippen molar-refractivity contribution in [3.05, 3.63) is 47.0 Å². The topological polar surface area (TPSA) is 104 Å². The number of aliphatic hydroxyl groups is 1. The number of unbranched alkanes of at least 4 members (excludes halogenated alkanes) is 1. The van der Waals surface area contributed by atoms with Crippen LogP contribution in [0.3, 0.4) is 0 Å². The van der Waals surface area contributed by atoms with Crippen LogP contribution in [0, 0.1) is 0 Å².